The van der Waals surface area contributed by atoms with Crippen molar-refractivity contribution >= 4 is 5.71 Å². The molecular formula is C22H30N2O. The Kier molecular flexibility index (Phi) is 8.78. The van der Waals surface area contributed by atoms with E-state index in [-0.39, 0.29) is 0 Å². The summed E-state index contributed by atoms with van der Waals surface area (Å²) in [5, 5.41) is 4.45. The molecule has 0 unspecified atom stereocenters. The van der Waals surface area contributed by atoms with Crippen LogP contribution in [0.3, 0.4) is 0 Å². The second-order valence-corrected chi connectivity index (χ2v) is 6.65. The first-order valence-corrected chi connectivity index (χ1v) is 9.14. The van der Waals surface area contributed by atoms with Gasteiger partial charge in [0.15, 0.2) is 0 Å². The van der Waals surface area contributed by atoms with Gasteiger partial charge >= 0.3 is 0 Å². The second-order valence-electron chi connectivity index (χ2n) is 6.65. The fourth-order valence-corrected chi connectivity index (χ4v) is 2.72. The van der Waals surface area contributed by atoms with Gasteiger partial charge in [-0.05, 0) is 50.9 Å². The van der Waals surface area contributed by atoms with Crippen LogP contribution in [0.15, 0.2) is 65.8 Å². The Balaban J connectivity index is 1.84. The molecule has 3 heteroatoms. The molecule has 0 aromatic heterocycles. The Bertz CT molecular complexity index is 608. The summed E-state index contributed by atoms with van der Waals surface area (Å²) in [6, 6.07) is 21.1. The zero-order valence-electron chi connectivity index (χ0n) is 15.5. The molecule has 25 heavy (non-hydrogen) atoms. The van der Waals surface area contributed by atoms with Gasteiger partial charge in [-0.2, -0.15) is 0 Å². The predicted octanol–water partition coefficient (Wildman–Crippen LogP) is 4.58. The zero-order chi connectivity index (χ0) is 17.7. The topological polar surface area (TPSA) is 24.8 Å². The maximum atomic E-state index is 5.58. The zero-order valence-corrected chi connectivity index (χ0v) is 15.5. The van der Waals surface area contributed by atoms with Crippen LogP contribution in [-0.4, -0.2) is 37.9 Å². The van der Waals surface area contributed by atoms with Crippen molar-refractivity contribution in [3.05, 3.63) is 71.8 Å². The Labute approximate surface area is 152 Å². The Morgan fingerprint density at radius 2 is 1.52 bits per heavy atom. The number of rotatable bonds is 11. The molecule has 2 aromatic carbocycles. The van der Waals surface area contributed by atoms with Crippen LogP contribution in [-0.2, 0) is 17.7 Å². The van der Waals surface area contributed by atoms with Gasteiger partial charge in [0.1, 0.15) is 6.61 Å². The lowest BCUT2D eigenvalue weighted by Crippen LogP contribution is -2.14. The minimum absolute atomic E-state index is 0.676. The fraction of sp³-hybridized carbons (Fsp3) is 0.409. The van der Waals surface area contributed by atoms with Gasteiger partial charge in [-0.25, -0.2) is 0 Å². The average molecular weight is 338 g/mol. The molecule has 0 heterocycles. The standard InChI is InChI=1S/C22H30N2O/c1-24(2)17-10-18-25-23-22(19-21-13-7-4-8-14-21)16-9-15-20-11-5-3-6-12-20/h3-8,11-14H,9-10,15-19H2,1-2H3/b23-22+. The van der Waals surface area contributed by atoms with Crippen molar-refractivity contribution in [1.29, 1.82) is 0 Å². The van der Waals surface area contributed by atoms with Crippen molar-refractivity contribution in [2.75, 3.05) is 27.2 Å². The number of nitrogens with zero attached hydrogens (tertiary/aromatic N) is 2. The van der Waals surface area contributed by atoms with Gasteiger partial charge < -0.3 is 9.74 Å². The number of aryl methyl sites for hydroxylation is 1. The molecule has 134 valence electrons. The van der Waals surface area contributed by atoms with Gasteiger partial charge in [0.2, 0.25) is 0 Å². The monoisotopic (exact) mass is 338 g/mol. The molecule has 0 atom stereocenters. The Morgan fingerprint density at radius 3 is 2.16 bits per heavy atom. The number of hydrogen-bond donors (Lipinski definition) is 0. The third-order valence-corrected chi connectivity index (χ3v) is 4.06. The molecule has 0 aliphatic carbocycles. The van der Waals surface area contributed by atoms with Crippen molar-refractivity contribution in [2.45, 2.75) is 32.1 Å². The molecule has 0 radical (unpaired) electrons. The van der Waals surface area contributed by atoms with Gasteiger partial charge in [-0.15, -0.1) is 0 Å². The normalized spacial score (nSPS) is 11.7. The van der Waals surface area contributed by atoms with E-state index in [1.54, 1.807) is 0 Å². The van der Waals surface area contributed by atoms with E-state index in [1.807, 2.05) is 6.07 Å². The Hall–Kier alpha value is -2.13. The van der Waals surface area contributed by atoms with E-state index in [2.05, 4.69) is 78.7 Å². The van der Waals surface area contributed by atoms with Crippen LogP contribution in [0.2, 0.25) is 0 Å². The van der Waals surface area contributed by atoms with Gasteiger partial charge in [-0.1, -0.05) is 65.8 Å². The minimum Gasteiger partial charge on any atom is -0.396 e. The third-order valence-electron chi connectivity index (χ3n) is 4.06. The molecule has 0 bridgehead atoms. The minimum atomic E-state index is 0.676. The Morgan fingerprint density at radius 1 is 0.880 bits per heavy atom. The van der Waals surface area contributed by atoms with Crippen molar-refractivity contribution in [1.82, 2.24) is 4.90 Å². The van der Waals surface area contributed by atoms with Crippen LogP contribution in [0.5, 0.6) is 0 Å². The summed E-state index contributed by atoms with van der Waals surface area (Å²) in [6.07, 6.45) is 5.01. The van der Waals surface area contributed by atoms with Crippen LogP contribution >= 0.6 is 0 Å². The van der Waals surface area contributed by atoms with Crippen LogP contribution < -0.4 is 0 Å². The van der Waals surface area contributed by atoms with E-state index in [0.717, 1.165) is 44.4 Å². The highest BCUT2D eigenvalue weighted by Gasteiger charge is 2.04. The van der Waals surface area contributed by atoms with Crippen LogP contribution in [0.4, 0.5) is 0 Å². The first kappa shape index (κ1) is 19.2. The molecular weight excluding hydrogens is 308 g/mol. The molecule has 0 N–H and O–H groups in total. The van der Waals surface area contributed by atoms with Gasteiger partial charge in [0.05, 0.1) is 5.71 Å². The lowest BCUT2D eigenvalue weighted by atomic mass is 10.0. The van der Waals surface area contributed by atoms with Crippen molar-refractivity contribution in [3.63, 3.8) is 0 Å². The maximum absolute atomic E-state index is 5.58. The highest BCUT2D eigenvalue weighted by molar-refractivity contribution is 5.86. The summed E-state index contributed by atoms with van der Waals surface area (Å²) in [7, 11) is 4.15. The highest BCUT2D eigenvalue weighted by atomic mass is 16.6. The molecule has 3 nitrogen and oxygen atoms in total. The van der Waals surface area contributed by atoms with E-state index in [9.17, 15) is 0 Å². The predicted molar refractivity (Wildman–Crippen MR) is 106 cm³/mol. The first-order chi connectivity index (χ1) is 12.2. The van der Waals surface area contributed by atoms with E-state index >= 15 is 0 Å². The van der Waals surface area contributed by atoms with Crippen LogP contribution in [0, 0.1) is 0 Å². The number of oxime groups is 1. The largest absolute Gasteiger partial charge is 0.396 e. The fourth-order valence-electron chi connectivity index (χ4n) is 2.72. The molecule has 0 aliphatic rings. The van der Waals surface area contributed by atoms with E-state index in [4.69, 9.17) is 4.84 Å². The lowest BCUT2D eigenvalue weighted by Gasteiger charge is -2.10. The first-order valence-electron chi connectivity index (χ1n) is 9.14. The molecule has 0 aliphatic heterocycles. The SMILES string of the molecule is CN(C)CCCO/N=C(\CCCc1ccccc1)Cc1ccccc1. The summed E-state index contributed by atoms with van der Waals surface area (Å²) in [4.78, 5) is 7.75. The summed E-state index contributed by atoms with van der Waals surface area (Å²) in [6.45, 7) is 1.70. The van der Waals surface area contributed by atoms with E-state index in [1.165, 1.54) is 11.1 Å². The number of hydrogen-bond acceptors (Lipinski definition) is 3. The molecule has 0 fully saturated rings. The molecule has 0 saturated heterocycles. The van der Waals surface area contributed by atoms with E-state index < -0.39 is 0 Å². The quantitative estimate of drug-likeness (QED) is 0.340. The molecule has 0 amide bonds. The van der Waals surface area contributed by atoms with Crippen molar-refractivity contribution in [3.8, 4) is 0 Å². The number of benzene rings is 2. The molecule has 2 rings (SSSR count). The summed E-state index contributed by atoms with van der Waals surface area (Å²) >= 11 is 0. The van der Waals surface area contributed by atoms with E-state index in [0.29, 0.717) is 6.61 Å². The van der Waals surface area contributed by atoms with Crippen molar-refractivity contribution < 1.29 is 4.84 Å². The second kappa shape index (κ2) is 11.4. The summed E-state index contributed by atoms with van der Waals surface area (Å²) < 4.78 is 0. The van der Waals surface area contributed by atoms with Crippen LogP contribution in [0.25, 0.3) is 0 Å². The molecule has 0 spiro atoms. The summed E-state index contributed by atoms with van der Waals surface area (Å²) in [5.41, 5.74) is 3.80. The van der Waals surface area contributed by atoms with Gasteiger partial charge in [-0.3, -0.25) is 0 Å². The van der Waals surface area contributed by atoms with Crippen molar-refractivity contribution in [2.24, 2.45) is 5.16 Å². The molecule has 0 saturated carbocycles. The lowest BCUT2D eigenvalue weighted by molar-refractivity contribution is 0.134. The summed E-state index contributed by atoms with van der Waals surface area (Å²) in [5.74, 6) is 0. The van der Waals surface area contributed by atoms with Gasteiger partial charge in [0, 0.05) is 13.0 Å². The maximum Gasteiger partial charge on any atom is 0.118 e. The molecule has 2 aromatic rings. The third kappa shape index (κ3) is 8.50. The highest BCUT2D eigenvalue weighted by Crippen LogP contribution is 2.09. The smallest absolute Gasteiger partial charge is 0.118 e. The van der Waals surface area contributed by atoms with Gasteiger partial charge in [0.25, 0.3) is 0 Å². The van der Waals surface area contributed by atoms with Crippen LogP contribution in [0.1, 0.15) is 30.4 Å². The average Bonchev–Trinajstić information content (AvgIpc) is 2.62.